The molecular formula is C19H32N2O2. The van der Waals surface area contributed by atoms with Gasteiger partial charge in [0.25, 0.3) is 0 Å². The number of carbonyl (C=O) groups is 1. The summed E-state index contributed by atoms with van der Waals surface area (Å²) in [5, 5.41) is 6.38. The molecule has 0 saturated heterocycles. The number of hydrogen-bond acceptors (Lipinski definition) is 3. The van der Waals surface area contributed by atoms with Crippen LogP contribution in [0.1, 0.15) is 63.8 Å². The van der Waals surface area contributed by atoms with Crippen LogP contribution in [0.5, 0.6) is 0 Å². The third kappa shape index (κ3) is 8.03. The van der Waals surface area contributed by atoms with Crippen LogP contribution in [0.25, 0.3) is 0 Å². The van der Waals surface area contributed by atoms with Crippen LogP contribution in [0.3, 0.4) is 0 Å². The Labute approximate surface area is 141 Å². The second-order valence-electron chi connectivity index (χ2n) is 7.43. The molecule has 0 heterocycles. The first-order valence-corrected chi connectivity index (χ1v) is 8.38. The zero-order valence-electron chi connectivity index (χ0n) is 15.6. The van der Waals surface area contributed by atoms with Crippen LogP contribution >= 0.6 is 0 Å². The van der Waals surface area contributed by atoms with E-state index >= 15 is 0 Å². The lowest BCUT2D eigenvalue weighted by Crippen LogP contribution is -2.39. The SMILES string of the molecule is Cc1cc(C)cc(C(C)NCCC(C)NC(=O)OC(C)(C)C)c1. The van der Waals surface area contributed by atoms with Crippen molar-refractivity contribution in [1.82, 2.24) is 10.6 Å². The number of alkyl carbamates (subject to hydrolysis) is 1. The number of hydrogen-bond donors (Lipinski definition) is 2. The van der Waals surface area contributed by atoms with Crippen molar-refractivity contribution in [3.8, 4) is 0 Å². The third-order valence-electron chi connectivity index (χ3n) is 3.54. The number of nitrogens with one attached hydrogen (secondary N) is 2. The van der Waals surface area contributed by atoms with Gasteiger partial charge in [-0.05, 0) is 67.0 Å². The Morgan fingerprint density at radius 3 is 2.22 bits per heavy atom. The quantitative estimate of drug-likeness (QED) is 0.823. The number of carbonyl (C=O) groups excluding carboxylic acids is 1. The fourth-order valence-electron chi connectivity index (χ4n) is 2.48. The van der Waals surface area contributed by atoms with E-state index in [1.807, 2.05) is 27.7 Å². The van der Waals surface area contributed by atoms with Gasteiger partial charge >= 0.3 is 6.09 Å². The van der Waals surface area contributed by atoms with E-state index in [0.717, 1.165) is 13.0 Å². The van der Waals surface area contributed by atoms with Gasteiger partial charge in [0, 0.05) is 12.1 Å². The van der Waals surface area contributed by atoms with Crippen LogP contribution in [-0.4, -0.2) is 24.3 Å². The Morgan fingerprint density at radius 2 is 1.70 bits per heavy atom. The van der Waals surface area contributed by atoms with Gasteiger partial charge in [-0.3, -0.25) is 0 Å². The lowest BCUT2D eigenvalue weighted by molar-refractivity contribution is 0.0506. The van der Waals surface area contributed by atoms with E-state index in [0.29, 0.717) is 6.04 Å². The molecule has 2 atom stereocenters. The zero-order valence-corrected chi connectivity index (χ0v) is 15.6. The third-order valence-corrected chi connectivity index (χ3v) is 3.54. The second kappa shape index (κ2) is 8.34. The van der Waals surface area contributed by atoms with E-state index in [2.05, 4.69) is 49.6 Å². The molecule has 0 aliphatic rings. The van der Waals surface area contributed by atoms with Crippen molar-refractivity contribution >= 4 is 6.09 Å². The van der Waals surface area contributed by atoms with Gasteiger partial charge in [-0.1, -0.05) is 29.3 Å². The van der Waals surface area contributed by atoms with Gasteiger partial charge in [-0.15, -0.1) is 0 Å². The molecule has 0 spiro atoms. The number of ether oxygens (including phenoxy) is 1. The van der Waals surface area contributed by atoms with Crippen molar-refractivity contribution in [2.45, 2.75) is 72.6 Å². The van der Waals surface area contributed by atoms with Crippen molar-refractivity contribution in [2.24, 2.45) is 0 Å². The predicted octanol–water partition coefficient (Wildman–Crippen LogP) is 4.26. The van der Waals surface area contributed by atoms with Crippen LogP contribution in [-0.2, 0) is 4.74 Å². The highest BCUT2D eigenvalue weighted by molar-refractivity contribution is 5.67. The van der Waals surface area contributed by atoms with Crippen molar-refractivity contribution in [2.75, 3.05) is 6.54 Å². The van der Waals surface area contributed by atoms with Crippen LogP contribution in [0.4, 0.5) is 4.79 Å². The summed E-state index contributed by atoms with van der Waals surface area (Å²) in [6.45, 7) is 14.8. The summed E-state index contributed by atoms with van der Waals surface area (Å²) in [4.78, 5) is 11.7. The number of benzene rings is 1. The molecule has 0 aliphatic heterocycles. The highest BCUT2D eigenvalue weighted by Crippen LogP contribution is 2.16. The summed E-state index contributed by atoms with van der Waals surface area (Å²) in [6, 6.07) is 6.98. The molecular weight excluding hydrogens is 288 g/mol. The fraction of sp³-hybridized carbons (Fsp3) is 0.632. The molecule has 1 rings (SSSR count). The maximum Gasteiger partial charge on any atom is 0.407 e. The van der Waals surface area contributed by atoms with E-state index in [1.165, 1.54) is 16.7 Å². The maximum atomic E-state index is 11.7. The normalized spacial score (nSPS) is 14.2. The largest absolute Gasteiger partial charge is 0.444 e. The number of amides is 1. The topological polar surface area (TPSA) is 50.4 Å². The Hall–Kier alpha value is -1.55. The Bertz CT molecular complexity index is 500. The first-order chi connectivity index (χ1) is 10.6. The van der Waals surface area contributed by atoms with E-state index < -0.39 is 5.60 Å². The van der Waals surface area contributed by atoms with Gasteiger partial charge in [-0.2, -0.15) is 0 Å². The number of aryl methyl sites for hydroxylation is 2. The van der Waals surface area contributed by atoms with E-state index in [9.17, 15) is 4.79 Å². The minimum atomic E-state index is -0.459. The lowest BCUT2D eigenvalue weighted by atomic mass is 10.0. The first-order valence-electron chi connectivity index (χ1n) is 8.38. The Balaban J connectivity index is 2.36. The Morgan fingerprint density at radius 1 is 1.13 bits per heavy atom. The molecule has 1 amide bonds. The molecule has 1 aromatic carbocycles. The van der Waals surface area contributed by atoms with Gasteiger partial charge < -0.3 is 15.4 Å². The predicted molar refractivity (Wildman–Crippen MR) is 95.8 cm³/mol. The van der Waals surface area contributed by atoms with Crippen molar-refractivity contribution in [1.29, 1.82) is 0 Å². The molecule has 4 nitrogen and oxygen atoms in total. The lowest BCUT2D eigenvalue weighted by Gasteiger charge is -2.22. The van der Waals surface area contributed by atoms with E-state index in [1.54, 1.807) is 0 Å². The molecule has 4 heteroatoms. The summed E-state index contributed by atoms with van der Waals surface area (Å²) >= 11 is 0. The van der Waals surface area contributed by atoms with E-state index in [4.69, 9.17) is 4.74 Å². The van der Waals surface area contributed by atoms with Gasteiger partial charge in [0.2, 0.25) is 0 Å². The molecule has 2 unspecified atom stereocenters. The molecule has 0 fully saturated rings. The van der Waals surface area contributed by atoms with E-state index in [-0.39, 0.29) is 12.1 Å². The van der Waals surface area contributed by atoms with Crippen LogP contribution in [0.2, 0.25) is 0 Å². The molecule has 0 saturated carbocycles. The van der Waals surface area contributed by atoms with Gasteiger partial charge in [-0.25, -0.2) is 4.79 Å². The molecule has 0 bridgehead atoms. The zero-order chi connectivity index (χ0) is 17.6. The first kappa shape index (κ1) is 19.5. The average molecular weight is 320 g/mol. The summed E-state index contributed by atoms with van der Waals surface area (Å²) in [6.07, 6.45) is 0.501. The minimum absolute atomic E-state index is 0.0730. The highest BCUT2D eigenvalue weighted by Gasteiger charge is 2.17. The van der Waals surface area contributed by atoms with Gasteiger partial charge in [0.1, 0.15) is 5.60 Å². The monoisotopic (exact) mass is 320 g/mol. The molecule has 0 aromatic heterocycles. The van der Waals surface area contributed by atoms with Gasteiger partial charge in [0.15, 0.2) is 0 Å². The average Bonchev–Trinajstić information content (AvgIpc) is 2.34. The summed E-state index contributed by atoms with van der Waals surface area (Å²) in [7, 11) is 0. The molecule has 0 radical (unpaired) electrons. The van der Waals surface area contributed by atoms with Gasteiger partial charge in [0.05, 0.1) is 0 Å². The number of rotatable bonds is 6. The minimum Gasteiger partial charge on any atom is -0.444 e. The summed E-state index contributed by atoms with van der Waals surface area (Å²) < 4.78 is 5.26. The molecule has 0 aliphatic carbocycles. The molecule has 2 N–H and O–H groups in total. The fourth-order valence-corrected chi connectivity index (χ4v) is 2.48. The van der Waals surface area contributed by atoms with Crippen LogP contribution < -0.4 is 10.6 Å². The smallest absolute Gasteiger partial charge is 0.407 e. The highest BCUT2D eigenvalue weighted by atomic mass is 16.6. The van der Waals surface area contributed by atoms with Crippen molar-refractivity contribution in [3.63, 3.8) is 0 Å². The van der Waals surface area contributed by atoms with Crippen molar-refractivity contribution in [3.05, 3.63) is 34.9 Å². The summed E-state index contributed by atoms with van der Waals surface area (Å²) in [5.74, 6) is 0. The molecule has 1 aromatic rings. The van der Waals surface area contributed by atoms with Crippen LogP contribution in [0, 0.1) is 13.8 Å². The van der Waals surface area contributed by atoms with Crippen LogP contribution in [0.15, 0.2) is 18.2 Å². The molecule has 130 valence electrons. The molecule has 23 heavy (non-hydrogen) atoms. The second-order valence-corrected chi connectivity index (χ2v) is 7.43. The standard InChI is InChI=1S/C19H32N2O2/c1-13-10-14(2)12-17(11-13)16(4)20-9-8-15(3)21-18(22)23-19(5,6)7/h10-12,15-16,20H,8-9H2,1-7H3,(H,21,22). The maximum absolute atomic E-state index is 11.7. The Kier molecular flexibility index (Phi) is 7.07. The van der Waals surface area contributed by atoms with Crippen molar-refractivity contribution < 1.29 is 9.53 Å². The summed E-state index contributed by atoms with van der Waals surface area (Å²) in [5.41, 5.74) is 3.41.